The van der Waals surface area contributed by atoms with Crippen molar-refractivity contribution in [1.82, 2.24) is 19.4 Å². The molecule has 3 aromatic heterocycles. The van der Waals surface area contributed by atoms with Crippen LogP contribution < -0.4 is 25.2 Å². The number of ketones is 1. The van der Waals surface area contributed by atoms with Gasteiger partial charge in [0.25, 0.3) is 5.56 Å². The molecule has 1 fully saturated rings. The molecule has 0 aliphatic carbocycles. The molecule has 0 radical (unpaired) electrons. The Morgan fingerprint density at radius 3 is 2.36 bits per heavy atom. The van der Waals surface area contributed by atoms with Crippen LogP contribution >= 0.6 is 23.2 Å². The first-order valence-electron chi connectivity index (χ1n) is 17.2. The second-order valence-electron chi connectivity index (χ2n) is 13.0. The highest BCUT2D eigenvalue weighted by Crippen LogP contribution is 2.45. The van der Waals surface area contributed by atoms with Gasteiger partial charge in [0.05, 0.1) is 66.5 Å². The summed E-state index contributed by atoms with van der Waals surface area (Å²) in [7, 11) is 6.86. The molecule has 1 aliphatic heterocycles. The summed E-state index contributed by atoms with van der Waals surface area (Å²) < 4.78 is 18.2. The molecular weight excluding hydrogens is 715 g/mol. The van der Waals surface area contributed by atoms with Crippen molar-refractivity contribution in [1.29, 1.82) is 0 Å². The molecule has 13 heteroatoms. The fourth-order valence-electron chi connectivity index (χ4n) is 6.35. The number of fused-ring (bicyclic) bond motifs is 1. The Balaban J connectivity index is 1.44. The van der Waals surface area contributed by atoms with Gasteiger partial charge in [-0.3, -0.25) is 9.59 Å². The second-order valence-corrected chi connectivity index (χ2v) is 13.8. The van der Waals surface area contributed by atoms with Crippen molar-refractivity contribution < 1.29 is 19.0 Å². The maximum atomic E-state index is 14.8. The number of nitrogens with zero attached hydrogens (tertiary/aromatic N) is 5. The molecule has 0 saturated carbocycles. The van der Waals surface area contributed by atoms with Crippen LogP contribution in [0.3, 0.4) is 0 Å². The lowest BCUT2D eigenvalue weighted by molar-refractivity contribution is -0.114. The summed E-state index contributed by atoms with van der Waals surface area (Å²) >= 11 is 13.7. The Labute approximate surface area is 318 Å². The SMILES string of the molecule is COc1cc(OC)c(Cl)c(-c2cc3cnc(Nc4ccc(N5CCOCC5)cn4)cc3n(C(C)c3cccc(CC(=O)/C=C/CN(C)C)c3)c2=O)c1Cl. The molecule has 1 N–H and O–H groups in total. The third-order valence-corrected chi connectivity index (χ3v) is 9.87. The van der Waals surface area contributed by atoms with Crippen LogP contribution in [-0.4, -0.2) is 86.4 Å². The Morgan fingerprint density at radius 2 is 1.70 bits per heavy atom. The van der Waals surface area contributed by atoms with E-state index in [0.717, 1.165) is 29.9 Å². The zero-order valence-corrected chi connectivity index (χ0v) is 31.9. The molecule has 0 amide bonds. The van der Waals surface area contributed by atoms with Crippen molar-refractivity contribution in [3.8, 4) is 22.6 Å². The highest BCUT2D eigenvalue weighted by Gasteiger charge is 2.25. The molecule has 53 heavy (non-hydrogen) atoms. The predicted octanol–water partition coefficient (Wildman–Crippen LogP) is 7.20. The van der Waals surface area contributed by atoms with Gasteiger partial charge in [0.15, 0.2) is 5.78 Å². The minimum atomic E-state index is -0.490. The lowest BCUT2D eigenvalue weighted by atomic mass is 9.99. The summed E-state index contributed by atoms with van der Waals surface area (Å²) in [5, 5.41) is 4.31. The zero-order chi connectivity index (χ0) is 37.6. The number of hydrogen-bond acceptors (Lipinski definition) is 10. The Morgan fingerprint density at radius 1 is 0.981 bits per heavy atom. The Bertz CT molecular complexity index is 2170. The summed E-state index contributed by atoms with van der Waals surface area (Å²) in [5.74, 6) is 1.71. The van der Waals surface area contributed by atoms with Gasteiger partial charge >= 0.3 is 0 Å². The van der Waals surface area contributed by atoms with E-state index in [0.29, 0.717) is 53.8 Å². The summed E-state index contributed by atoms with van der Waals surface area (Å²) in [6.45, 7) is 5.60. The van der Waals surface area contributed by atoms with Crippen molar-refractivity contribution in [2.75, 3.05) is 71.4 Å². The van der Waals surface area contributed by atoms with Crippen LogP contribution in [-0.2, 0) is 16.0 Å². The average molecular weight is 758 g/mol. The van der Waals surface area contributed by atoms with Gasteiger partial charge in [0, 0.05) is 55.3 Å². The number of ether oxygens (including phenoxy) is 3. The number of morpholine rings is 1. The van der Waals surface area contributed by atoms with Gasteiger partial charge in [-0.1, -0.05) is 53.5 Å². The molecule has 11 nitrogen and oxygen atoms in total. The number of rotatable bonds is 13. The second kappa shape index (κ2) is 16.8. The molecule has 0 bridgehead atoms. The van der Waals surface area contributed by atoms with E-state index in [2.05, 4.69) is 15.2 Å². The number of halogens is 2. The number of pyridine rings is 3. The van der Waals surface area contributed by atoms with E-state index >= 15 is 0 Å². The van der Waals surface area contributed by atoms with E-state index in [9.17, 15) is 9.59 Å². The molecule has 5 aromatic rings. The minimum absolute atomic E-state index is 0.00843. The molecule has 1 atom stereocenters. The molecule has 1 unspecified atom stereocenters. The highest BCUT2D eigenvalue weighted by molar-refractivity contribution is 6.41. The first-order chi connectivity index (χ1) is 25.6. The van der Waals surface area contributed by atoms with Crippen LogP contribution in [0.4, 0.5) is 17.3 Å². The van der Waals surface area contributed by atoms with Gasteiger partial charge in [-0.25, -0.2) is 9.97 Å². The quantitative estimate of drug-likeness (QED) is 0.124. The number of nitrogens with one attached hydrogen (secondary N) is 1. The van der Waals surface area contributed by atoms with Gasteiger partial charge < -0.3 is 33.9 Å². The van der Waals surface area contributed by atoms with Gasteiger partial charge in [0.1, 0.15) is 23.1 Å². The van der Waals surface area contributed by atoms with Crippen molar-refractivity contribution in [2.24, 2.45) is 0 Å². The van der Waals surface area contributed by atoms with Crippen LogP contribution in [0.25, 0.3) is 22.0 Å². The number of likely N-dealkylation sites (N-methyl/N-ethyl adjacent to an activating group) is 1. The van der Waals surface area contributed by atoms with Crippen LogP contribution in [0.1, 0.15) is 24.1 Å². The van der Waals surface area contributed by atoms with Crippen LogP contribution in [0.15, 0.2) is 83.9 Å². The van der Waals surface area contributed by atoms with E-state index in [1.807, 2.05) is 80.7 Å². The van der Waals surface area contributed by atoms with E-state index in [4.69, 9.17) is 42.4 Å². The first-order valence-corrected chi connectivity index (χ1v) is 18.0. The molecular formula is C40H42Cl2N6O5. The van der Waals surface area contributed by atoms with Crippen molar-refractivity contribution in [3.05, 3.63) is 111 Å². The smallest absolute Gasteiger partial charge is 0.259 e. The van der Waals surface area contributed by atoms with E-state index in [1.54, 1.807) is 29.0 Å². The average Bonchev–Trinajstić information content (AvgIpc) is 3.15. The number of allylic oxidation sites excluding steroid dienone is 1. The monoisotopic (exact) mass is 756 g/mol. The van der Waals surface area contributed by atoms with Crippen LogP contribution in [0.2, 0.25) is 10.0 Å². The van der Waals surface area contributed by atoms with Crippen LogP contribution in [0.5, 0.6) is 11.5 Å². The summed E-state index contributed by atoms with van der Waals surface area (Å²) in [4.78, 5) is 41.2. The number of methoxy groups -OCH3 is 2. The first kappa shape index (κ1) is 37.8. The fraction of sp³-hybridized carbons (Fsp3) is 0.300. The highest BCUT2D eigenvalue weighted by atomic mass is 35.5. The number of carbonyl (C=O) groups excluding carboxylic acids is 1. The van der Waals surface area contributed by atoms with E-state index in [-0.39, 0.29) is 38.9 Å². The maximum absolute atomic E-state index is 14.8. The standard InChI is InChI=1S/C40H42Cl2N6O5/c1-25(27-9-6-8-26(18-27)19-30(49)10-7-13-46(2)3)48-32-21-36(45-35-12-11-29(24-44-35)47-14-16-53-17-15-47)43-23-28(32)20-31(40(48)50)37-38(41)33(51-4)22-34(52-5)39(37)42/h6-12,18,20-25H,13-17,19H2,1-5H3,(H,43,44,45)/b10-7+. The Kier molecular flexibility index (Phi) is 12.0. The molecule has 1 saturated heterocycles. The topological polar surface area (TPSA) is 111 Å². The minimum Gasteiger partial charge on any atom is -0.495 e. The largest absolute Gasteiger partial charge is 0.495 e. The van der Waals surface area contributed by atoms with E-state index in [1.165, 1.54) is 14.2 Å². The van der Waals surface area contributed by atoms with Gasteiger partial charge in [-0.15, -0.1) is 0 Å². The molecule has 1 aliphatic rings. The fourth-order valence-corrected chi connectivity index (χ4v) is 7.06. The third kappa shape index (κ3) is 8.49. The summed E-state index contributed by atoms with van der Waals surface area (Å²) in [6.07, 6.45) is 7.21. The third-order valence-electron chi connectivity index (χ3n) is 9.12. The van der Waals surface area contributed by atoms with Crippen molar-refractivity contribution in [2.45, 2.75) is 19.4 Å². The molecule has 0 spiro atoms. The maximum Gasteiger partial charge on any atom is 0.259 e. The lowest BCUT2D eigenvalue weighted by Gasteiger charge is -2.28. The molecule has 276 valence electrons. The number of hydrogen-bond donors (Lipinski definition) is 1. The number of benzene rings is 2. The van der Waals surface area contributed by atoms with Crippen molar-refractivity contribution in [3.63, 3.8) is 0 Å². The van der Waals surface area contributed by atoms with Crippen molar-refractivity contribution >= 4 is 57.2 Å². The zero-order valence-electron chi connectivity index (χ0n) is 30.4. The number of carbonyl (C=O) groups is 1. The molecule has 6 rings (SSSR count). The Hall–Kier alpha value is -4.94. The van der Waals surface area contributed by atoms with Gasteiger partial charge in [-0.2, -0.15) is 0 Å². The van der Waals surface area contributed by atoms with Gasteiger partial charge in [0.2, 0.25) is 0 Å². The molecule has 4 heterocycles. The summed E-state index contributed by atoms with van der Waals surface area (Å²) in [5.41, 5.74) is 3.48. The number of anilines is 3. The van der Waals surface area contributed by atoms with Crippen LogP contribution in [0, 0.1) is 0 Å². The predicted molar refractivity (Wildman–Crippen MR) is 212 cm³/mol. The lowest BCUT2D eigenvalue weighted by Crippen LogP contribution is -2.36. The summed E-state index contributed by atoms with van der Waals surface area (Å²) in [6, 6.07) is 16.3. The van der Waals surface area contributed by atoms with Gasteiger partial charge in [-0.05, 0) is 56.4 Å². The normalized spacial score (nSPS) is 13.8. The molecule has 2 aromatic carbocycles. The van der Waals surface area contributed by atoms with E-state index < -0.39 is 6.04 Å². The number of aromatic nitrogens is 3.